The summed E-state index contributed by atoms with van der Waals surface area (Å²) in [5, 5.41) is 0. The summed E-state index contributed by atoms with van der Waals surface area (Å²) in [6.45, 7) is 2.13. The van der Waals surface area contributed by atoms with Gasteiger partial charge in [-0.05, 0) is 12.0 Å². The molecule has 0 saturated carbocycles. The largest absolute Gasteiger partial charge is 0.513 e. The lowest BCUT2D eigenvalue weighted by Crippen LogP contribution is -2.03. The van der Waals surface area contributed by atoms with Gasteiger partial charge < -0.3 is 9.26 Å². The second kappa shape index (κ2) is 7.91. The average Bonchev–Trinajstić information content (AvgIpc) is 2.35. The third kappa shape index (κ3) is 6.12. The molecule has 5 heteroatoms. The van der Waals surface area contributed by atoms with Crippen LogP contribution in [0.1, 0.15) is 25.3 Å². The summed E-state index contributed by atoms with van der Waals surface area (Å²) < 4.78 is 20.8. The first-order valence-corrected chi connectivity index (χ1v) is 7.16. The summed E-state index contributed by atoms with van der Waals surface area (Å²) in [4.78, 5) is 11.2. The van der Waals surface area contributed by atoms with Gasteiger partial charge in [-0.25, -0.2) is 4.79 Å². The SMILES string of the molecule is CCCC[PH](=O)OC(=O)OCc1ccccc1. The number of unbranched alkanes of at least 4 members (excludes halogenated alkanes) is 1. The monoisotopic (exact) mass is 256 g/mol. The Bertz CT molecular complexity index is 364. The van der Waals surface area contributed by atoms with Gasteiger partial charge in [0.2, 0.25) is 8.03 Å². The van der Waals surface area contributed by atoms with E-state index in [4.69, 9.17) is 4.74 Å². The Morgan fingerprint density at radius 2 is 2.00 bits per heavy atom. The van der Waals surface area contributed by atoms with Gasteiger partial charge in [-0.2, -0.15) is 0 Å². The Morgan fingerprint density at radius 3 is 2.65 bits per heavy atom. The highest BCUT2D eigenvalue weighted by molar-refractivity contribution is 7.39. The number of hydrogen-bond acceptors (Lipinski definition) is 4. The fraction of sp³-hybridized carbons (Fsp3) is 0.417. The smallest absolute Gasteiger partial charge is 0.429 e. The highest BCUT2D eigenvalue weighted by Crippen LogP contribution is 2.24. The molecular formula is C12H17O4P. The van der Waals surface area contributed by atoms with Crippen LogP contribution in [0.5, 0.6) is 0 Å². The van der Waals surface area contributed by atoms with E-state index in [0.717, 1.165) is 18.4 Å². The topological polar surface area (TPSA) is 52.6 Å². The van der Waals surface area contributed by atoms with Crippen molar-refractivity contribution >= 4 is 14.2 Å². The minimum Gasteiger partial charge on any atom is -0.429 e. The van der Waals surface area contributed by atoms with Crippen molar-refractivity contribution in [2.24, 2.45) is 0 Å². The lowest BCUT2D eigenvalue weighted by atomic mass is 10.2. The van der Waals surface area contributed by atoms with Gasteiger partial charge >= 0.3 is 6.16 Å². The van der Waals surface area contributed by atoms with Gasteiger partial charge in [-0.3, -0.25) is 4.57 Å². The number of hydrogen-bond donors (Lipinski definition) is 0. The van der Waals surface area contributed by atoms with E-state index in [2.05, 4.69) is 4.52 Å². The van der Waals surface area contributed by atoms with Crippen LogP contribution in [0.15, 0.2) is 30.3 Å². The van der Waals surface area contributed by atoms with Crippen LogP contribution in [0.3, 0.4) is 0 Å². The predicted molar refractivity (Wildman–Crippen MR) is 66.5 cm³/mol. The third-order valence-electron chi connectivity index (χ3n) is 2.13. The summed E-state index contributed by atoms with van der Waals surface area (Å²) in [7, 11) is -2.28. The molecule has 0 aliphatic rings. The molecule has 94 valence electrons. The van der Waals surface area contributed by atoms with Gasteiger partial charge in [0.1, 0.15) is 6.61 Å². The van der Waals surface area contributed by atoms with E-state index in [1.54, 1.807) is 0 Å². The maximum atomic E-state index is 11.3. The number of carbonyl (C=O) groups excluding carboxylic acids is 1. The standard InChI is InChI=1S/C12H17O4P/c1-2-3-9-17(14)16-12(13)15-10-11-7-5-4-6-8-11/h4-8,17H,2-3,9-10H2,1H3. The molecule has 4 nitrogen and oxygen atoms in total. The van der Waals surface area contributed by atoms with E-state index < -0.39 is 14.2 Å². The van der Waals surface area contributed by atoms with Gasteiger partial charge in [0.05, 0.1) is 0 Å². The molecule has 17 heavy (non-hydrogen) atoms. The maximum Gasteiger partial charge on any atom is 0.513 e. The van der Waals surface area contributed by atoms with Crippen molar-refractivity contribution in [3.05, 3.63) is 35.9 Å². The quantitative estimate of drug-likeness (QED) is 0.576. The molecule has 0 bridgehead atoms. The molecule has 1 atom stereocenters. The van der Waals surface area contributed by atoms with Crippen molar-refractivity contribution in [1.82, 2.24) is 0 Å². The molecule has 1 unspecified atom stereocenters. The first kappa shape index (κ1) is 13.8. The zero-order valence-corrected chi connectivity index (χ0v) is 10.8. The van der Waals surface area contributed by atoms with Crippen molar-refractivity contribution in [2.75, 3.05) is 6.16 Å². The zero-order valence-electron chi connectivity index (χ0n) is 9.85. The van der Waals surface area contributed by atoms with E-state index in [9.17, 15) is 9.36 Å². The van der Waals surface area contributed by atoms with Crippen LogP contribution in [0, 0.1) is 0 Å². The van der Waals surface area contributed by atoms with Crippen molar-refractivity contribution < 1.29 is 18.6 Å². The summed E-state index contributed by atoms with van der Waals surface area (Å²) >= 11 is 0. The van der Waals surface area contributed by atoms with Crippen LogP contribution in [-0.2, 0) is 20.4 Å². The van der Waals surface area contributed by atoms with E-state index in [-0.39, 0.29) is 6.61 Å². The van der Waals surface area contributed by atoms with E-state index in [1.807, 2.05) is 37.3 Å². The number of rotatable bonds is 6. The number of ether oxygens (including phenoxy) is 1. The van der Waals surface area contributed by atoms with Crippen LogP contribution in [0.2, 0.25) is 0 Å². The first-order valence-electron chi connectivity index (χ1n) is 5.63. The van der Waals surface area contributed by atoms with Gasteiger partial charge in [0.15, 0.2) is 0 Å². The van der Waals surface area contributed by atoms with Gasteiger partial charge in [-0.15, -0.1) is 0 Å². The first-order chi connectivity index (χ1) is 8.22. The highest BCUT2D eigenvalue weighted by Gasteiger charge is 2.08. The Hall–Kier alpha value is -1.28. The predicted octanol–water partition coefficient (Wildman–Crippen LogP) is 3.61. The Balaban J connectivity index is 2.24. The summed E-state index contributed by atoms with van der Waals surface area (Å²) in [5.41, 5.74) is 0.873. The summed E-state index contributed by atoms with van der Waals surface area (Å²) in [6, 6.07) is 9.27. The van der Waals surface area contributed by atoms with Gasteiger partial charge in [-0.1, -0.05) is 43.7 Å². The van der Waals surface area contributed by atoms with Crippen LogP contribution in [0.25, 0.3) is 0 Å². The van der Waals surface area contributed by atoms with Gasteiger partial charge in [0, 0.05) is 6.16 Å². The fourth-order valence-corrected chi connectivity index (χ4v) is 2.20. The maximum absolute atomic E-state index is 11.3. The minimum absolute atomic E-state index is 0.141. The molecule has 0 fully saturated rings. The Kier molecular flexibility index (Phi) is 6.41. The second-order valence-electron chi connectivity index (χ2n) is 3.60. The fourth-order valence-electron chi connectivity index (χ4n) is 1.21. The average molecular weight is 256 g/mol. The van der Waals surface area contributed by atoms with Crippen LogP contribution < -0.4 is 0 Å². The lowest BCUT2D eigenvalue weighted by molar-refractivity contribution is 0.0956. The van der Waals surface area contributed by atoms with Crippen LogP contribution in [-0.4, -0.2) is 12.3 Å². The molecule has 0 N–H and O–H groups in total. The van der Waals surface area contributed by atoms with Crippen molar-refractivity contribution in [3.8, 4) is 0 Å². The molecule has 0 heterocycles. The Morgan fingerprint density at radius 1 is 1.29 bits per heavy atom. The van der Waals surface area contributed by atoms with Gasteiger partial charge in [0.25, 0.3) is 0 Å². The molecule has 0 aliphatic carbocycles. The molecule has 0 radical (unpaired) electrons. The summed E-state index contributed by atoms with van der Waals surface area (Å²) in [6.07, 6.45) is 1.30. The molecule has 0 aliphatic heterocycles. The second-order valence-corrected chi connectivity index (χ2v) is 5.05. The van der Waals surface area contributed by atoms with Crippen LogP contribution >= 0.6 is 8.03 Å². The Labute approximate surface area is 102 Å². The minimum atomic E-state index is -2.28. The molecule has 0 spiro atoms. The number of carbonyl (C=O) groups is 1. The van der Waals surface area contributed by atoms with Crippen molar-refractivity contribution in [3.63, 3.8) is 0 Å². The normalized spacial score (nSPS) is 11.8. The van der Waals surface area contributed by atoms with E-state index in [1.165, 1.54) is 0 Å². The summed E-state index contributed by atoms with van der Waals surface area (Å²) in [5.74, 6) is 0. The van der Waals surface area contributed by atoms with E-state index >= 15 is 0 Å². The van der Waals surface area contributed by atoms with E-state index in [0.29, 0.717) is 6.16 Å². The van der Waals surface area contributed by atoms with Crippen molar-refractivity contribution in [1.29, 1.82) is 0 Å². The zero-order chi connectivity index (χ0) is 12.5. The molecule has 0 aromatic heterocycles. The molecule has 0 saturated heterocycles. The lowest BCUT2D eigenvalue weighted by Gasteiger charge is -2.05. The van der Waals surface area contributed by atoms with Crippen molar-refractivity contribution in [2.45, 2.75) is 26.4 Å². The highest BCUT2D eigenvalue weighted by atomic mass is 31.1. The molecule has 1 aromatic rings. The number of benzene rings is 1. The molecule has 1 rings (SSSR count). The molecule has 0 amide bonds. The van der Waals surface area contributed by atoms with Crippen LogP contribution in [0.4, 0.5) is 4.79 Å². The molecular weight excluding hydrogens is 239 g/mol. The third-order valence-corrected chi connectivity index (χ3v) is 3.29. The molecule has 1 aromatic carbocycles.